The molecule has 6 nitrogen and oxygen atoms in total. The van der Waals surface area contributed by atoms with Crippen molar-refractivity contribution < 1.29 is 0 Å². The van der Waals surface area contributed by atoms with E-state index in [1.54, 1.807) is 12.7 Å². The monoisotopic (exact) mass is 462 g/mol. The van der Waals surface area contributed by atoms with Gasteiger partial charge in [-0.3, -0.25) is 0 Å². The molecule has 0 radical (unpaired) electrons. The molecule has 2 aliphatic rings. The van der Waals surface area contributed by atoms with Gasteiger partial charge in [0.25, 0.3) is 0 Å². The van der Waals surface area contributed by atoms with E-state index in [9.17, 15) is 0 Å². The highest BCUT2D eigenvalue weighted by molar-refractivity contribution is 5.83. The van der Waals surface area contributed by atoms with Crippen LogP contribution in [0.2, 0.25) is 0 Å². The summed E-state index contributed by atoms with van der Waals surface area (Å²) in [6, 6.07) is 7.48. The number of fused-ring (bicyclic) bond motifs is 1. The summed E-state index contributed by atoms with van der Waals surface area (Å²) in [7, 11) is 2.30. The van der Waals surface area contributed by atoms with E-state index in [-0.39, 0.29) is 0 Å². The largest absolute Gasteiger partial charge is 0.361 e. The third-order valence-electron chi connectivity index (χ3n) is 8.22. The number of nitrogens with zero attached hydrogens (tertiary/aromatic N) is 5. The summed E-state index contributed by atoms with van der Waals surface area (Å²) in [6.07, 6.45) is 19.5. The van der Waals surface area contributed by atoms with Crippen LogP contribution in [0.5, 0.6) is 0 Å². The summed E-state index contributed by atoms with van der Waals surface area (Å²) in [6.45, 7) is 5.76. The quantitative estimate of drug-likeness (QED) is 0.455. The van der Waals surface area contributed by atoms with E-state index in [1.807, 2.05) is 4.68 Å². The first-order chi connectivity index (χ1) is 16.7. The maximum Gasteiger partial charge on any atom is 0.137 e. The van der Waals surface area contributed by atoms with E-state index in [1.165, 1.54) is 99.5 Å². The van der Waals surface area contributed by atoms with Crippen LogP contribution in [-0.4, -0.2) is 68.8 Å². The van der Waals surface area contributed by atoms with Crippen LogP contribution < -0.4 is 0 Å². The molecule has 1 unspecified atom stereocenters. The fourth-order valence-corrected chi connectivity index (χ4v) is 6.15. The average Bonchev–Trinajstić information content (AvgIpc) is 3.52. The van der Waals surface area contributed by atoms with Crippen molar-refractivity contribution in [2.24, 2.45) is 5.92 Å². The lowest BCUT2D eigenvalue weighted by Gasteiger charge is -2.39. The van der Waals surface area contributed by atoms with Crippen molar-refractivity contribution in [2.45, 2.75) is 76.8 Å². The van der Waals surface area contributed by atoms with Crippen molar-refractivity contribution in [2.75, 3.05) is 33.2 Å². The first-order valence-corrected chi connectivity index (χ1v) is 13.6. The summed E-state index contributed by atoms with van der Waals surface area (Å²) in [4.78, 5) is 12.9. The van der Waals surface area contributed by atoms with Crippen LogP contribution in [0, 0.1) is 5.92 Å². The predicted molar refractivity (Wildman–Crippen MR) is 139 cm³/mol. The van der Waals surface area contributed by atoms with Crippen LogP contribution in [0.25, 0.3) is 10.9 Å². The molecule has 1 saturated carbocycles. The minimum Gasteiger partial charge on any atom is -0.361 e. The number of hydrogen-bond acceptors (Lipinski definition) is 4. The van der Waals surface area contributed by atoms with Crippen molar-refractivity contribution in [3.05, 3.63) is 48.2 Å². The molecule has 0 bridgehead atoms. The first kappa shape index (κ1) is 23.6. The van der Waals surface area contributed by atoms with Gasteiger partial charge in [0.05, 0.1) is 6.54 Å². The zero-order chi connectivity index (χ0) is 23.2. The SMILES string of the molecule is CN(CCc1c[nH]c2ccc(Cn3cncn3)cc12)CCC1CCCCN1CC1CCCCC1. The smallest absolute Gasteiger partial charge is 0.137 e. The number of hydrogen-bond donors (Lipinski definition) is 1. The van der Waals surface area contributed by atoms with E-state index < -0.39 is 0 Å². The van der Waals surface area contributed by atoms with Crippen LogP contribution in [0.3, 0.4) is 0 Å². The van der Waals surface area contributed by atoms with E-state index in [2.05, 4.69) is 56.3 Å². The maximum atomic E-state index is 4.25. The lowest BCUT2D eigenvalue weighted by molar-refractivity contribution is 0.0999. The van der Waals surface area contributed by atoms with Gasteiger partial charge in [-0.05, 0) is 87.8 Å². The highest BCUT2D eigenvalue weighted by Crippen LogP contribution is 2.28. The molecule has 6 heteroatoms. The Morgan fingerprint density at radius 3 is 2.79 bits per heavy atom. The van der Waals surface area contributed by atoms with Crippen LogP contribution in [0.4, 0.5) is 0 Å². The number of aromatic amines is 1. The number of benzene rings is 1. The standard InChI is InChI=1S/C28H42N6/c1-32(16-13-26-9-5-6-14-33(26)19-23-7-3-2-4-8-23)15-12-25-18-30-28-11-10-24(17-27(25)28)20-34-22-29-21-31-34/h10-11,17-18,21-23,26,30H,2-9,12-16,19-20H2,1H3. The van der Waals surface area contributed by atoms with Crippen molar-refractivity contribution in [1.29, 1.82) is 0 Å². The van der Waals surface area contributed by atoms with Crippen LogP contribution in [-0.2, 0) is 13.0 Å². The van der Waals surface area contributed by atoms with Crippen LogP contribution in [0.15, 0.2) is 37.1 Å². The fourth-order valence-electron chi connectivity index (χ4n) is 6.15. The minimum atomic E-state index is 0.763. The molecule has 1 aromatic carbocycles. The third kappa shape index (κ3) is 6.08. The Kier molecular flexibility index (Phi) is 7.97. The molecule has 184 valence electrons. The molecule has 3 heterocycles. The number of nitrogens with one attached hydrogen (secondary N) is 1. The van der Waals surface area contributed by atoms with Gasteiger partial charge in [-0.1, -0.05) is 31.7 Å². The average molecular weight is 463 g/mol. The second kappa shape index (κ2) is 11.5. The Morgan fingerprint density at radius 1 is 1.06 bits per heavy atom. The van der Waals surface area contributed by atoms with E-state index >= 15 is 0 Å². The van der Waals surface area contributed by atoms with Crippen molar-refractivity contribution in [3.8, 4) is 0 Å². The molecule has 1 aliphatic heterocycles. The Balaban J connectivity index is 1.12. The normalized spacial score (nSPS) is 20.5. The fraction of sp³-hybridized carbons (Fsp3) is 0.643. The summed E-state index contributed by atoms with van der Waals surface area (Å²) in [5.74, 6) is 0.961. The molecule has 1 aliphatic carbocycles. The van der Waals surface area contributed by atoms with Crippen molar-refractivity contribution in [3.63, 3.8) is 0 Å². The number of piperidine rings is 1. The third-order valence-corrected chi connectivity index (χ3v) is 8.22. The van der Waals surface area contributed by atoms with Gasteiger partial charge in [-0.2, -0.15) is 5.10 Å². The van der Waals surface area contributed by atoms with Gasteiger partial charge >= 0.3 is 0 Å². The molecule has 2 fully saturated rings. The van der Waals surface area contributed by atoms with Gasteiger partial charge in [0.15, 0.2) is 0 Å². The first-order valence-electron chi connectivity index (χ1n) is 13.6. The van der Waals surface area contributed by atoms with Crippen molar-refractivity contribution in [1.82, 2.24) is 29.5 Å². The highest BCUT2D eigenvalue weighted by Gasteiger charge is 2.25. The molecular weight excluding hydrogens is 420 g/mol. The molecule has 1 N–H and O–H groups in total. The summed E-state index contributed by atoms with van der Waals surface area (Å²) in [5, 5.41) is 5.59. The molecule has 0 spiro atoms. The predicted octanol–water partition coefficient (Wildman–Crippen LogP) is 5.11. The van der Waals surface area contributed by atoms with Gasteiger partial charge in [-0.25, -0.2) is 9.67 Å². The summed E-state index contributed by atoms with van der Waals surface area (Å²) >= 11 is 0. The number of likely N-dealkylation sites (tertiary alicyclic amines) is 1. The Labute approximate surface area is 204 Å². The lowest BCUT2D eigenvalue weighted by atomic mass is 9.87. The molecule has 3 aromatic rings. The topological polar surface area (TPSA) is 53.0 Å². The second-order valence-corrected chi connectivity index (χ2v) is 10.8. The molecule has 34 heavy (non-hydrogen) atoms. The molecule has 1 saturated heterocycles. The number of aromatic nitrogens is 4. The van der Waals surface area contributed by atoms with E-state index in [0.29, 0.717) is 0 Å². The molecule has 2 aromatic heterocycles. The van der Waals surface area contributed by atoms with Crippen molar-refractivity contribution >= 4 is 10.9 Å². The van der Waals surface area contributed by atoms with Gasteiger partial charge in [0.2, 0.25) is 0 Å². The molecule has 0 amide bonds. The highest BCUT2D eigenvalue weighted by atomic mass is 15.3. The Morgan fingerprint density at radius 2 is 1.94 bits per heavy atom. The lowest BCUT2D eigenvalue weighted by Crippen LogP contribution is -2.44. The van der Waals surface area contributed by atoms with Gasteiger partial charge in [0.1, 0.15) is 12.7 Å². The zero-order valence-electron chi connectivity index (χ0n) is 21.0. The zero-order valence-corrected chi connectivity index (χ0v) is 21.0. The Hall–Kier alpha value is -2.18. The van der Waals surface area contributed by atoms with Gasteiger partial charge < -0.3 is 14.8 Å². The summed E-state index contributed by atoms with van der Waals surface area (Å²) in [5.41, 5.74) is 3.90. The van der Waals surface area contributed by atoms with E-state index in [4.69, 9.17) is 0 Å². The molecule has 1 atom stereocenters. The van der Waals surface area contributed by atoms with Crippen LogP contribution >= 0.6 is 0 Å². The Bertz CT molecular complexity index is 1000. The molecular formula is C28H42N6. The van der Waals surface area contributed by atoms with Gasteiger partial charge in [0, 0.05) is 36.2 Å². The number of likely N-dealkylation sites (N-methyl/N-ethyl adjacent to an activating group) is 1. The van der Waals surface area contributed by atoms with Gasteiger partial charge in [-0.15, -0.1) is 0 Å². The van der Waals surface area contributed by atoms with Crippen LogP contribution in [0.1, 0.15) is 68.9 Å². The van der Waals surface area contributed by atoms with E-state index in [0.717, 1.165) is 31.5 Å². The summed E-state index contributed by atoms with van der Waals surface area (Å²) < 4.78 is 1.88. The second-order valence-electron chi connectivity index (χ2n) is 10.8. The maximum absolute atomic E-state index is 4.25. The minimum absolute atomic E-state index is 0.763. The molecule has 5 rings (SSSR count). The number of H-pyrrole nitrogens is 1. The number of rotatable bonds is 10.